The summed E-state index contributed by atoms with van der Waals surface area (Å²) in [5.74, 6) is 0.378. The van der Waals surface area contributed by atoms with E-state index in [2.05, 4.69) is 21.2 Å². The van der Waals surface area contributed by atoms with Crippen molar-refractivity contribution in [2.45, 2.75) is 13.5 Å². The first-order chi connectivity index (χ1) is 16.4. The average Bonchev–Trinajstić information content (AvgIpc) is 2.83. The average molecular weight is 522 g/mol. The number of non-ortho nitro benzene ring substituents is 1. The molecule has 3 aromatic carbocycles. The first-order valence-corrected chi connectivity index (χ1v) is 11.0. The summed E-state index contributed by atoms with van der Waals surface area (Å²) < 4.78 is 11.9. The number of hydrogen-bond donors (Lipinski definition) is 1. The molecule has 0 saturated heterocycles. The van der Waals surface area contributed by atoms with Gasteiger partial charge in [0.2, 0.25) is 0 Å². The number of nitrogens with one attached hydrogen (secondary N) is 1. The highest BCUT2D eigenvalue weighted by molar-refractivity contribution is 9.10. The second-order valence-electron chi connectivity index (χ2n) is 6.96. The van der Waals surface area contributed by atoms with Crippen LogP contribution in [0.4, 0.5) is 11.4 Å². The van der Waals surface area contributed by atoms with Gasteiger partial charge in [-0.05, 0) is 58.3 Å². The molecule has 0 bridgehead atoms. The van der Waals surface area contributed by atoms with Crippen LogP contribution in [0.15, 0.2) is 76.8 Å². The van der Waals surface area contributed by atoms with Gasteiger partial charge in [0.1, 0.15) is 18.2 Å². The van der Waals surface area contributed by atoms with Crippen molar-refractivity contribution in [2.75, 3.05) is 11.9 Å². The number of benzene rings is 3. The molecule has 8 nitrogen and oxygen atoms in total. The number of anilines is 1. The van der Waals surface area contributed by atoms with Crippen molar-refractivity contribution >= 4 is 39.3 Å². The lowest BCUT2D eigenvalue weighted by molar-refractivity contribution is -0.384. The summed E-state index contributed by atoms with van der Waals surface area (Å²) in [5.41, 5.74) is 1.61. The maximum Gasteiger partial charge on any atom is 0.270 e. The normalized spacial score (nSPS) is 10.8. The SMILES string of the molecule is CCOc1cc(/C=C(\C#N)C(=O)Nc2ccc([N+](=O)[O-])cc2Br)ccc1OCc1ccccc1. The summed E-state index contributed by atoms with van der Waals surface area (Å²) in [6.45, 7) is 2.63. The fraction of sp³-hybridized carbons (Fsp3) is 0.120. The van der Waals surface area contributed by atoms with Gasteiger partial charge in [-0.15, -0.1) is 0 Å². The Hall–Kier alpha value is -4.16. The van der Waals surface area contributed by atoms with Gasteiger partial charge < -0.3 is 14.8 Å². The van der Waals surface area contributed by atoms with Gasteiger partial charge in [-0.1, -0.05) is 36.4 Å². The first-order valence-electron chi connectivity index (χ1n) is 10.2. The van der Waals surface area contributed by atoms with E-state index in [1.165, 1.54) is 24.3 Å². The Bertz CT molecular complexity index is 1270. The zero-order valence-electron chi connectivity index (χ0n) is 18.2. The van der Waals surface area contributed by atoms with Crippen molar-refractivity contribution in [3.8, 4) is 17.6 Å². The van der Waals surface area contributed by atoms with Gasteiger partial charge in [-0.25, -0.2) is 0 Å². The van der Waals surface area contributed by atoms with Gasteiger partial charge in [0, 0.05) is 16.6 Å². The van der Waals surface area contributed by atoms with E-state index in [0.29, 0.717) is 40.4 Å². The fourth-order valence-electron chi connectivity index (χ4n) is 2.96. The molecule has 3 aromatic rings. The summed E-state index contributed by atoms with van der Waals surface area (Å²) in [4.78, 5) is 23.0. The number of nitro groups is 1. The van der Waals surface area contributed by atoms with Gasteiger partial charge in [0.05, 0.1) is 17.2 Å². The van der Waals surface area contributed by atoms with Crippen LogP contribution in [-0.4, -0.2) is 17.4 Å². The number of carbonyl (C=O) groups is 1. The number of rotatable bonds is 9. The summed E-state index contributed by atoms with van der Waals surface area (Å²) in [5, 5.41) is 23.0. The topological polar surface area (TPSA) is 114 Å². The molecule has 3 rings (SSSR count). The van der Waals surface area contributed by atoms with Gasteiger partial charge in [-0.2, -0.15) is 5.26 Å². The van der Waals surface area contributed by atoms with Crippen LogP contribution >= 0.6 is 15.9 Å². The summed E-state index contributed by atoms with van der Waals surface area (Å²) in [6, 6.07) is 20.6. The molecule has 0 saturated carbocycles. The van der Waals surface area contributed by atoms with E-state index in [4.69, 9.17) is 9.47 Å². The Kier molecular flexibility index (Phi) is 8.37. The first kappa shape index (κ1) is 24.5. The molecule has 9 heteroatoms. The Labute approximate surface area is 204 Å². The lowest BCUT2D eigenvalue weighted by Gasteiger charge is -2.13. The number of carbonyl (C=O) groups excluding carboxylic acids is 1. The minimum Gasteiger partial charge on any atom is -0.490 e. The highest BCUT2D eigenvalue weighted by Crippen LogP contribution is 2.31. The standard InChI is InChI=1S/C25H20BrN3O5/c1-2-33-24-13-18(8-11-23(24)34-16-17-6-4-3-5-7-17)12-19(15-27)25(30)28-22-10-9-20(29(31)32)14-21(22)26/h3-14H,2,16H2,1H3,(H,28,30)/b19-12+. The van der Waals surface area contributed by atoms with E-state index in [0.717, 1.165) is 5.56 Å². The summed E-state index contributed by atoms with van der Waals surface area (Å²) >= 11 is 3.20. The zero-order chi connectivity index (χ0) is 24.5. The number of hydrogen-bond acceptors (Lipinski definition) is 6. The van der Waals surface area contributed by atoms with Crippen molar-refractivity contribution in [1.82, 2.24) is 0 Å². The van der Waals surface area contributed by atoms with Gasteiger partial charge in [0.25, 0.3) is 11.6 Å². The molecule has 0 aliphatic rings. The van der Waals surface area contributed by atoms with Crippen LogP contribution < -0.4 is 14.8 Å². The molecule has 0 aliphatic carbocycles. The van der Waals surface area contributed by atoms with E-state index >= 15 is 0 Å². The maximum absolute atomic E-state index is 12.6. The van der Waals surface area contributed by atoms with Crippen LogP contribution in [0, 0.1) is 21.4 Å². The van der Waals surface area contributed by atoms with Gasteiger partial charge in [-0.3, -0.25) is 14.9 Å². The molecule has 0 unspecified atom stereocenters. The number of halogens is 1. The molecule has 0 fully saturated rings. The third kappa shape index (κ3) is 6.43. The van der Waals surface area contributed by atoms with Gasteiger partial charge in [0.15, 0.2) is 11.5 Å². The molecular weight excluding hydrogens is 502 g/mol. The van der Waals surface area contributed by atoms with Crippen LogP contribution in [0.3, 0.4) is 0 Å². The van der Waals surface area contributed by atoms with Gasteiger partial charge >= 0.3 is 0 Å². The second-order valence-corrected chi connectivity index (χ2v) is 7.81. The molecule has 1 N–H and O–H groups in total. The molecule has 172 valence electrons. The number of nitriles is 1. The molecule has 0 spiro atoms. The monoisotopic (exact) mass is 521 g/mol. The summed E-state index contributed by atoms with van der Waals surface area (Å²) in [6.07, 6.45) is 1.43. The van der Waals surface area contributed by atoms with Crippen LogP contribution in [0.2, 0.25) is 0 Å². The third-order valence-electron chi connectivity index (χ3n) is 4.59. The number of ether oxygens (including phenoxy) is 2. The maximum atomic E-state index is 12.6. The molecule has 0 aromatic heterocycles. The molecule has 0 radical (unpaired) electrons. The van der Waals surface area contributed by atoms with Crippen molar-refractivity contribution in [3.63, 3.8) is 0 Å². The van der Waals surface area contributed by atoms with E-state index in [1.54, 1.807) is 18.2 Å². The third-order valence-corrected chi connectivity index (χ3v) is 5.25. The van der Waals surface area contributed by atoms with E-state index in [9.17, 15) is 20.2 Å². The highest BCUT2D eigenvalue weighted by Gasteiger charge is 2.15. The van der Waals surface area contributed by atoms with Crippen molar-refractivity contribution in [2.24, 2.45) is 0 Å². The Balaban J connectivity index is 1.79. The largest absolute Gasteiger partial charge is 0.490 e. The zero-order valence-corrected chi connectivity index (χ0v) is 19.7. The number of nitrogens with zero attached hydrogens (tertiary/aromatic N) is 2. The van der Waals surface area contributed by atoms with Crippen molar-refractivity contribution in [3.05, 3.63) is 98.0 Å². The predicted octanol–water partition coefficient (Wildman–Crippen LogP) is 5.88. The van der Waals surface area contributed by atoms with Crippen molar-refractivity contribution in [1.29, 1.82) is 5.26 Å². The van der Waals surface area contributed by atoms with Crippen LogP contribution in [-0.2, 0) is 11.4 Å². The fourth-order valence-corrected chi connectivity index (χ4v) is 3.43. The lowest BCUT2D eigenvalue weighted by atomic mass is 10.1. The van der Waals surface area contributed by atoms with Crippen LogP contribution in [0.25, 0.3) is 6.08 Å². The van der Waals surface area contributed by atoms with E-state index in [-0.39, 0.29) is 11.3 Å². The molecule has 0 atom stereocenters. The Morgan fingerprint density at radius 1 is 1.12 bits per heavy atom. The van der Waals surface area contributed by atoms with Crippen LogP contribution in [0.1, 0.15) is 18.1 Å². The van der Waals surface area contributed by atoms with Crippen LogP contribution in [0.5, 0.6) is 11.5 Å². The van der Waals surface area contributed by atoms with E-state index in [1.807, 2.05) is 43.3 Å². The molecule has 0 heterocycles. The second kappa shape index (κ2) is 11.6. The minimum absolute atomic E-state index is 0.126. The molecular formula is C25H20BrN3O5. The lowest BCUT2D eigenvalue weighted by Crippen LogP contribution is -2.14. The number of nitro benzene ring substituents is 1. The Morgan fingerprint density at radius 2 is 1.88 bits per heavy atom. The quantitative estimate of drug-likeness (QED) is 0.162. The van der Waals surface area contributed by atoms with E-state index < -0.39 is 10.8 Å². The molecule has 1 amide bonds. The molecule has 0 aliphatic heterocycles. The number of amides is 1. The minimum atomic E-state index is -0.653. The predicted molar refractivity (Wildman–Crippen MR) is 131 cm³/mol. The molecule has 34 heavy (non-hydrogen) atoms. The smallest absolute Gasteiger partial charge is 0.270 e. The Morgan fingerprint density at radius 3 is 2.53 bits per heavy atom. The summed E-state index contributed by atoms with van der Waals surface area (Å²) in [7, 11) is 0. The highest BCUT2D eigenvalue weighted by atomic mass is 79.9. The van der Waals surface area contributed by atoms with Crippen molar-refractivity contribution < 1.29 is 19.2 Å².